The summed E-state index contributed by atoms with van der Waals surface area (Å²) < 4.78 is 13.5. The van der Waals surface area contributed by atoms with Crippen LogP contribution >= 0.6 is 0 Å². The Morgan fingerprint density at radius 1 is 1.23 bits per heavy atom. The number of anilines is 1. The van der Waals surface area contributed by atoms with Crippen molar-refractivity contribution in [3.05, 3.63) is 40.8 Å². The van der Waals surface area contributed by atoms with Crippen molar-refractivity contribution in [1.29, 1.82) is 0 Å². The average molecular weight is 540 g/mol. The number of amides is 1. The number of rotatable bonds is 11. The van der Waals surface area contributed by atoms with Crippen molar-refractivity contribution < 1.29 is 24.2 Å². The molecule has 2 aromatic heterocycles. The number of carbonyl (C=O) groups is 2. The minimum Gasteiger partial charge on any atom is -0.480 e. The smallest absolute Gasteiger partial charge is 0.408 e. The molecule has 212 valence electrons. The van der Waals surface area contributed by atoms with E-state index in [1.165, 1.54) is 5.56 Å². The monoisotopic (exact) mass is 539 g/mol. The Morgan fingerprint density at radius 2 is 2.08 bits per heavy atom. The summed E-state index contributed by atoms with van der Waals surface area (Å²) in [5.41, 5.74) is 4.40. The van der Waals surface area contributed by atoms with Crippen molar-refractivity contribution in [2.24, 2.45) is 5.92 Å². The Kier molecular flexibility index (Phi) is 8.69. The number of aryl methyl sites for hydroxylation is 4. The van der Waals surface area contributed by atoms with Crippen LogP contribution in [-0.2, 0) is 27.1 Å². The predicted octanol–water partition coefficient (Wildman–Crippen LogP) is 4.34. The van der Waals surface area contributed by atoms with Crippen molar-refractivity contribution in [1.82, 2.24) is 20.1 Å². The molecule has 0 bridgehead atoms. The van der Waals surface area contributed by atoms with Gasteiger partial charge in [0.2, 0.25) is 0 Å². The first-order chi connectivity index (χ1) is 18.9. The third kappa shape index (κ3) is 6.90. The summed E-state index contributed by atoms with van der Waals surface area (Å²) in [6.07, 6.45) is 8.12. The van der Waals surface area contributed by atoms with E-state index in [0.717, 1.165) is 87.2 Å². The van der Waals surface area contributed by atoms with E-state index in [9.17, 15) is 14.7 Å². The molecule has 0 spiro atoms. The maximum atomic E-state index is 12.6. The van der Waals surface area contributed by atoms with Crippen LogP contribution in [0.1, 0.15) is 80.1 Å². The van der Waals surface area contributed by atoms with Crippen molar-refractivity contribution in [3.8, 4) is 0 Å². The van der Waals surface area contributed by atoms with Crippen LogP contribution in [0.3, 0.4) is 0 Å². The number of ether oxygens (including phenoxy) is 2. The molecule has 1 amide bonds. The van der Waals surface area contributed by atoms with Crippen LogP contribution in [0.25, 0.3) is 0 Å². The van der Waals surface area contributed by atoms with Gasteiger partial charge in [-0.05, 0) is 95.2 Å². The molecule has 3 atom stereocenters. The zero-order valence-electron chi connectivity index (χ0n) is 23.0. The molecule has 10 nitrogen and oxygen atoms in total. The number of aliphatic carboxylic acids is 1. The highest BCUT2D eigenvalue weighted by Gasteiger charge is 2.35. The molecule has 2 fully saturated rings. The van der Waals surface area contributed by atoms with Gasteiger partial charge in [0.1, 0.15) is 18.0 Å². The van der Waals surface area contributed by atoms with Gasteiger partial charge in [-0.25, -0.2) is 14.6 Å². The van der Waals surface area contributed by atoms with Gasteiger partial charge in [-0.1, -0.05) is 6.07 Å². The third-order valence-corrected chi connectivity index (χ3v) is 8.34. The molecular formula is C29H41N5O5. The van der Waals surface area contributed by atoms with Gasteiger partial charge in [0.25, 0.3) is 0 Å². The van der Waals surface area contributed by atoms with Crippen LogP contribution in [0.15, 0.2) is 18.2 Å². The van der Waals surface area contributed by atoms with Gasteiger partial charge >= 0.3 is 12.1 Å². The molecule has 39 heavy (non-hydrogen) atoms. The van der Waals surface area contributed by atoms with E-state index in [0.29, 0.717) is 5.92 Å². The van der Waals surface area contributed by atoms with E-state index in [2.05, 4.69) is 27.9 Å². The number of carboxylic acids is 1. The molecule has 2 aromatic rings. The standard InChI is InChI=1S/C29H41N5O5/c1-18-15-19(2)34(33-18)25-6-3-7-26(25)39-29(37)32-24(28(35)36)12-14-38-23-16-20(17-23)8-10-22-11-9-21-5-4-13-30-27(21)31-22/h9,11,15,20,23-26H,3-8,10,12-14,16-17H2,1-2H3,(H,30,31)(H,32,37)(H,35,36). The van der Waals surface area contributed by atoms with E-state index in [-0.39, 0.29) is 31.3 Å². The molecule has 1 aliphatic heterocycles. The van der Waals surface area contributed by atoms with Crippen LogP contribution in [-0.4, -0.2) is 63.3 Å². The summed E-state index contributed by atoms with van der Waals surface area (Å²) in [5.74, 6) is 0.562. The summed E-state index contributed by atoms with van der Waals surface area (Å²) in [6, 6.07) is 5.28. The second kappa shape index (κ2) is 12.4. The first-order valence-electron chi connectivity index (χ1n) is 14.4. The van der Waals surface area contributed by atoms with Gasteiger partial charge in [-0.15, -0.1) is 0 Å². The Labute approximate surface area is 229 Å². The van der Waals surface area contributed by atoms with Crippen molar-refractivity contribution in [2.75, 3.05) is 18.5 Å². The van der Waals surface area contributed by atoms with Crippen LogP contribution in [0.5, 0.6) is 0 Å². The average Bonchev–Trinajstić information content (AvgIpc) is 3.48. The summed E-state index contributed by atoms with van der Waals surface area (Å²) in [5, 5.41) is 20.1. The third-order valence-electron chi connectivity index (χ3n) is 8.34. The van der Waals surface area contributed by atoms with E-state index < -0.39 is 18.1 Å². The fourth-order valence-electron chi connectivity index (χ4n) is 6.14. The highest BCUT2D eigenvalue weighted by molar-refractivity contribution is 5.79. The van der Waals surface area contributed by atoms with Crippen LogP contribution in [0, 0.1) is 19.8 Å². The number of fused-ring (bicyclic) bond motifs is 1. The number of nitrogens with zero attached hydrogens (tertiary/aromatic N) is 3. The molecule has 3 N–H and O–H groups in total. The molecule has 3 heterocycles. The number of carbonyl (C=O) groups excluding carboxylic acids is 1. The normalized spacial score (nSPS) is 24.8. The van der Waals surface area contributed by atoms with Crippen LogP contribution in [0.4, 0.5) is 10.6 Å². The van der Waals surface area contributed by atoms with Crippen molar-refractivity contribution in [3.63, 3.8) is 0 Å². The molecular weight excluding hydrogens is 498 g/mol. The largest absolute Gasteiger partial charge is 0.480 e. The molecule has 5 rings (SSSR count). The first-order valence-corrected chi connectivity index (χ1v) is 14.4. The molecule has 0 saturated heterocycles. The Bertz CT molecular complexity index is 1160. The zero-order valence-corrected chi connectivity index (χ0v) is 23.0. The maximum Gasteiger partial charge on any atom is 0.408 e. The fourth-order valence-corrected chi connectivity index (χ4v) is 6.14. The number of pyridine rings is 1. The lowest BCUT2D eigenvalue weighted by molar-refractivity contribution is -0.140. The van der Waals surface area contributed by atoms with E-state index in [1.54, 1.807) is 0 Å². The molecule has 2 aliphatic carbocycles. The van der Waals surface area contributed by atoms with Crippen LogP contribution in [0.2, 0.25) is 0 Å². The quantitative estimate of drug-likeness (QED) is 0.385. The topological polar surface area (TPSA) is 128 Å². The lowest BCUT2D eigenvalue weighted by Crippen LogP contribution is -2.44. The lowest BCUT2D eigenvalue weighted by Gasteiger charge is -2.35. The summed E-state index contributed by atoms with van der Waals surface area (Å²) in [7, 11) is 0. The molecule has 3 aliphatic rings. The van der Waals surface area contributed by atoms with E-state index in [1.807, 2.05) is 24.6 Å². The minimum atomic E-state index is -1.09. The lowest BCUT2D eigenvalue weighted by atomic mass is 9.79. The number of carboxylic acid groups (broad SMARTS) is 1. The SMILES string of the molecule is Cc1cc(C)n(C2CCCC2OC(=O)NC(CCOC2CC(CCc3ccc4c(n3)NCCC4)C2)C(=O)O)n1. The van der Waals surface area contributed by atoms with Gasteiger partial charge in [-0.2, -0.15) is 5.10 Å². The highest BCUT2D eigenvalue weighted by atomic mass is 16.6. The minimum absolute atomic E-state index is 0.0256. The molecule has 2 saturated carbocycles. The Morgan fingerprint density at radius 3 is 2.85 bits per heavy atom. The highest BCUT2D eigenvalue weighted by Crippen LogP contribution is 2.35. The number of alkyl carbamates (subject to hydrolysis) is 1. The molecule has 3 unspecified atom stereocenters. The number of hydrogen-bond acceptors (Lipinski definition) is 7. The zero-order chi connectivity index (χ0) is 27.4. The number of nitrogens with one attached hydrogen (secondary N) is 2. The Hall–Kier alpha value is -3.14. The fraction of sp³-hybridized carbons (Fsp3) is 0.655. The summed E-state index contributed by atoms with van der Waals surface area (Å²) in [4.78, 5) is 29.1. The van der Waals surface area contributed by atoms with Gasteiger partial charge in [-0.3, -0.25) is 4.68 Å². The van der Waals surface area contributed by atoms with Gasteiger partial charge < -0.3 is 25.2 Å². The van der Waals surface area contributed by atoms with E-state index >= 15 is 0 Å². The maximum absolute atomic E-state index is 12.6. The second-order valence-electron chi connectivity index (χ2n) is 11.3. The molecule has 0 radical (unpaired) electrons. The predicted molar refractivity (Wildman–Crippen MR) is 146 cm³/mol. The van der Waals surface area contributed by atoms with Crippen molar-refractivity contribution in [2.45, 2.75) is 102 Å². The molecule has 10 heteroatoms. The van der Waals surface area contributed by atoms with Gasteiger partial charge in [0.15, 0.2) is 0 Å². The van der Waals surface area contributed by atoms with Crippen LogP contribution < -0.4 is 10.6 Å². The number of hydrogen-bond donors (Lipinski definition) is 3. The van der Waals surface area contributed by atoms with Gasteiger partial charge in [0, 0.05) is 31.0 Å². The second-order valence-corrected chi connectivity index (χ2v) is 11.3. The molecule has 0 aromatic carbocycles. The van der Waals surface area contributed by atoms with E-state index in [4.69, 9.17) is 14.5 Å². The summed E-state index contributed by atoms with van der Waals surface area (Å²) >= 11 is 0. The summed E-state index contributed by atoms with van der Waals surface area (Å²) in [6.45, 7) is 5.21. The number of aromatic nitrogens is 3. The first kappa shape index (κ1) is 27.4. The van der Waals surface area contributed by atoms with Crippen molar-refractivity contribution >= 4 is 17.9 Å². The Balaban J connectivity index is 1.000. The van der Waals surface area contributed by atoms with Gasteiger partial charge in [0.05, 0.1) is 17.8 Å².